The van der Waals surface area contributed by atoms with Gasteiger partial charge in [0.15, 0.2) is 0 Å². The second-order valence-electron chi connectivity index (χ2n) is 4.58. The molecule has 0 aliphatic carbocycles. The molecule has 116 valence electrons. The minimum absolute atomic E-state index is 0.0388. The van der Waals surface area contributed by atoms with E-state index in [2.05, 4.69) is 5.16 Å². The number of hydrogen-bond donors (Lipinski definition) is 2. The van der Waals surface area contributed by atoms with E-state index in [0.29, 0.717) is 32.6 Å². The van der Waals surface area contributed by atoms with E-state index in [-0.39, 0.29) is 11.7 Å². The van der Waals surface area contributed by atoms with Gasteiger partial charge in [-0.1, -0.05) is 30.3 Å². The fraction of sp³-hybridized carbons (Fsp3) is 0.467. The maximum Gasteiger partial charge on any atom is 0.229 e. The molecule has 0 atom stereocenters. The highest BCUT2D eigenvalue weighted by molar-refractivity contribution is 5.94. The van der Waals surface area contributed by atoms with Crippen LogP contribution in [-0.2, 0) is 9.53 Å². The van der Waals surface area contributed by atoms with Crippen LogP contribution < -0.4 is 10.6 Å². The molecule has 0 aliphatic heterocycles. The van der Waals surface area contributed by atoms with E-state index < -0.39 is 0 Å². The highest BCUT2D eigenvalue weighted by atomic mass is 16.5. The number of nitrogens with zero attached hydrogens (tertiary/aromatic N) is 2. The van der Waals surface area contributed by atoms with Crippen LogP contribution in [0, 0.1) is 0 Å². The van der Waals surface area contributed by atoms with Crippen molar-refractivity contribution in [3.8, 4) is 0 Å². The molecular formula is C15H23N3O3. The number of oxime groups is 1. The summed E-state index contributed by atoms with van der Waals surface area (Å²) in [5, 5.41) is 11.5. The molecular weight excluding hydrogens is 270 g/mol. The molecule has 1 aromatic rings. The van der Waals surface area contributed by atoms with Crippen LogP contribution in [0.4, 0.5) is 5.69 Å². The molecule has 1 aromatic carbocycles. The van der Waals surface area contributed by atoms with Crippen LogP contribution >= 0.6 is 0 Å². The van der Waals surface area contributed by atoms with Gasteiger partial charge < -0.3 is 20.6 Å². The van der Waals surface area contributed by atoms with Gasteiger partial charge in [0.1, 0.15) is 5.84 Å². The monoisotopic (exact) mass is 293 g/mol. The molecule has 6 heteroatoms. The van der Waals surface area contributed by atoms with Gasteiger partial charge in [-0.3, -0.25) is 4.79 Å². The molecule has 0 unspecified atom stereocenters. The largest absolute Gasteiger partial charge is 0.409 e. The number of rotatable bonds is 9. The fourth-order valence-electron chi connectivity index (χ4n) is 1.82. The average molecular weight is 293 g/mol. The predicted octanol–water partition coefficient (Wildman–Crippen LogP) is 1.97. The minimum Gasteiger partial charge on any atom is -0.409 e. The van der Waals surface area contributed by atoms with E-state index in [9.17, 15) is 4.79 Å². The Morgan fingerprint density at radius 2 is 2.00 bits per heavy atom. The van der Waals surface area contributed by atoms with Crippen molar-refractivity contribution in [1.29, 1.82) is 0 Å². The lowest BCUT2D eigenvalue weighted by atomic mass is 10.2. The topological polar surface area (TPSA) is 88.2 Å². The Balaban J connectivity index is 2.65. The number of hydrogen-bond acceptors (Lipinski definition) is 4. The first-order valence-electron chi connectivity index (χ1n) is 7.08. The Bertz CT molecular complexity index is 449. The van der Waals surface area contributed by atoms with Gasteiger partial charge in [0.2, 0.25) is 5.91 Å². The number of carbonyl (C=O) groups is 1. The third-order valence-electron chi connectivity index (χ3n) is 2.90. The van der Waals surface area contributed by atoms with Gasteiger partial charge in [0.25, 0.3) is 0 Å². The van der Waals surface area contributed by atoms with E-state index in [1.165, 1.54) is 0 Å². The van der Waals surface area contributed by atoms with Crippen molar-refractivity contribution in [2.75, 3.05) is 24.7 Å². The maximum atomic E-state index is 12.3. The van der Waals surface area contributed by atoms with Gasteiger partial charge in [0.05, 0.1) is 13.0 Å². The second kappa shape index (κ2) is 9.77. The Kier molecular flexibility index (Phi) is 7.89. The number of amidine groups is 1. The number of carbonyl (C=O) groups excluding carboxylic acids is 1. The first-order chi connectivity index (χ1) is 10.2. The highest BCUT2D eigenvalue weighted by Gasteiger charge is 2.15. The predicted molar refractivity (Wildman–Crippen MR) is 82.5 cm³/mol. The summed E-state index contributed by atoms with van der Waals surface area (Å²) in [6.07, 6.45) is 1.55. The van der Waals surface area contributed by atoms with Crippen molar-refractivity contribution in [2.45, 2.75) is 26.2 Å². The van der Waals surface area contributed by atoms with Crippen molar-refractivity contribution in [3.05, 3.63) is 30.3 Å². The van der Waals surface area contributed by atoms with Crippen molar-refractivity contribution < 1.29 is 14.7 Å². The number of anilines is 1. The molecule has 0 saturated heterocycles. The third kappa shape index (κ3) is 6.27. The Morgan fingerprint density at radius 1 is 1.29 bits per heavy atom. The Hall–Kier alpha value is -2.08. The summed E-state index contributed by atoms with van der Waals surface area (Å²) in [4.78, 5) is 13.9. The molecule has 0 fully saturated rings. The van der Waals surface area contributed by atoms with Gasteiger partial charge >= 0.3 is 0 Å². The van der Waals surface area contributed by atoms with Crippen molar-refractivity contribution in [2.24, 2.45) is 10.9 Å². The number of para-hydroxylation sites is 1. The molecule has 0 saturated carbocycles. The summed E-state index contributed by atoms with van der Waals surface area (Å²) >= 11 is 0. The van der Waals surface area contributed by atoms with Crippen LogP contribution in [0.3, 0.4) is 0 Å². The number of amides is 1. The lowest BCUT2D eigenvalue weighted by Gasteiger charge is -2.22. The van der Waals surface area contributed by atoms with Crippen LogP contribution in [-0.4, -0.2) is 36.7 Å². The van der Waals surface area contributed by atoms with Crippen LogP contribution in [0.25, 0.3) is 0 Å². The normalized spacial score (nSPS) is 11.4. The standard InChI is InChI=1S/C15H23N3O3/c1-2-11-21-12-9-15(19)18(10-8-14(16)17-20)13-6-4-3-5-7-13/h3-7,20H,2,8-12H2,1H3,(H2,16,17). The van der Waals surface area contributed by atoms with E-state index in [1.807, 2.05) is 37.3 Å². The van der Waals surface area contributed by atoms with Crippen LogP contribution in [0.5, 0.6) is 0 Å². The molecule has 6 nitrogen and oxygen atoms in total. The number of benzene rings is 1. The maximum absolute atomic E-state index is 12.3. The quantitative estimate of drug-likeness (QED) is 0.239. The first kappa shape index (κ1) is 17.0. The Labute approximate surface area is 125 Å². The van der Waals surface area contributed by atoms with Crippen molar-refractivity contribution >= 4 is 17.4 Å². The summed E-state index contributed by atoms with van der Waals surface area (Å²) in [5.74, 6) is 0.0639. The summed E-state index contributed by atoms with van der Waals surface area (Å²) in [5.41, 5.74) is 6.27. The summed E-state index contributed by atoms with van der Waals surface area (Å²) in [6, 6.07) is 9.34. The molecule has 0 spiro atoms. The number of nitrogens with two attached hydrogens (primary N) is 1. The molecule has 0 aliphatic rings. The molecule has 1 amide bonds. The highest BCUT2D eigenvalue weighted by Crippen LogP contribution is 2.15. The second-order valence-corrected chi connectivity index (χ2v) is 4.58. The fourth-order valence-corrected chi connectivity index (χ4v) is 1.82. The van der Waals surface area contributed by atoms with Gasteiger partial charge in [0, 0.05) is 25.3 Å². The van der Waals surface area contributed by atoms with Crippen LogP contribution in [0.15, 0.2) is 35.5 Å². The molecule has 0 heterocycles. The summed E-state index contributed by atoms with van der Waals surface area (Å²) in [6.45, 7) is 3.45. The third-order valence-corrected chi connectivity index (χ3v) is 2.90. The Morgan fingerprint density at radius 3 is 2.62 bits per heavy atom. The molecule has 0 aromatic heterocycles. The molecule has 0 bridgehead atoms. The lowest BCUT2D eigenvalue weighted by Crippen LogP contribution is -2.34. The van der Waals surface area contributed by atoms with Gasteiger partial charge in [-0.05, 0) is 18.6 Å². The zero-order valence-electron chi connectivity index (χ0n) is 12.4. The van der Waals surface area contributed by atoms with Gasteiger partial charge in [-0.15, -0.1) is 0 Å². The van der Waals surface area contributed by atoms with E-state index >= 15 is 0 Å². The van der Waals surface area contributed by atoms with E-state index in [4.69, 9.17) is 15.7 Å². The van der Waals surface area contributed by atoms with E-state index in [1.54, 1.807) is 4.90 Å². The van der Waals surface area contributed by atoms with Gasteiger partial charge in [-0.2, -0.15) is 0 Å². The van der Waals surface area contributed by atoms with Crippen LogP contribution in [0.1, 0.15) is 26.2 Å². The zero-order chi connectivity index (χ0) is 15.5. The average Bonchev–Trinajstić information content (AvgIpc) is 2.52. The zero-order valence-corrected chi connectivity index (χ0v) is 12.4. The van der Waals surface area contributed by atoms with Crippen LogP contribution in [0.2, 0.25) is 0 Å². The first-order valence-corrected chi connectivity index (χ1v) is 7.08. The molecule has 3 N–H and O–H groups in total. The molecule has 21 heavy (non-hydrogen) atoms. The summed E-state index contributed by atoms with van der Waals surface area (Å²) < 4.78 is 5.35. The van der Waals surface area contributed by atoms with Crippen molar-refractivity contribution in [1.82, 2.24) is 0 Å². The van der Waals surface area contributed by atoms with Gasteiger partial charge in [-0.25, -0.2) is 0 Å². The van der Waals surface area contributed by atoms with Crippen molar-refractivity contribution in [3.63, 3.8) is 0 Å². The molecule has 1 rings (SSSR count). The summed E-state index contributed by atoms with van der Waals surface area (Å²) in [7, 11) is 0. The smallest absolute Gasteiger partial charge is 0.229 e. The molecule has 0 radical (unpaired) electrons. The lowest BCUT2D eigenvalue weighted by molar-refractivity contribution is -0.119. The minimum atomic E-state index is -0.0388. The van der Waals surface area contributed by atoms with E-state index in [0.717, 1.165) is 12.1 Å². The number of ether oxygens (including phenoxy) is 1. The SMILES string of the molecule is CCCOCCC(=O)N(CCC(N)=NO)c1ccccc1.